The highest BCUT2D eigenvalue weighted by Gasteiger charge is 2.19. The van der Waals surface area contributed by atoms with Crippen LogP contribution in [0.2, 0.25) is 0 Å². The summed E-state index contributed by atoms with van der Waals surface area (Å²) < 4.78 is 31.9. The average molecular weight is 416 g/mol. The number of hydrogen-bond acceptors (Lipinski definition) is 6. The summed E-state index contributed by atoms with van der Waals surface area (Å²) in [7, 11) is 0. The summed E-state index contributed by atoms with van der Waals surface area (Å²) in [6.07, 6.45) is 1.22. The number of hydrogen-bond donors (Lipinski definition) is 2. The molecule has 0 spiro atoms. The number of nitrogens with one attached hydrogen (secondary N) is 2. The third kappa shape index (κ3) is 4.83. The molecule has 29 heavy (non-hydrogen) atoms. The Bertz CT molecular complexity index is 1100. The quantitative estimate of drug-likeness (QED) is 0.639. The van der Waals surface area contributed by atoms with Crippen LogP contribution in [0.1, 0.15) is 33.4 Å². The molecule has 148 valence electrons. The summed E-state index contributed by atoms with van der Waals surface area (Å²) in [6, 6.07) is 4.78. The zero-order chi connectivity index (χ0) is 21.0. The van der Waals surface area contributed by atoms with Gasteiger partial charge >= 0.3 is 0 Å². The normalized spacial score (nSPS) is 11.5. The lowest BCUT2D eigenvalue weighted by atomic mass is 10.1. The molecule has 3 aromatic rings. The van der Waals surface area contributed by atoms with E-state index in [4.69, 9.17) is 4.42 Å². The lowest BCUT2D eigenvalue weighted by molar-refractivity contribution is -0.120. The van der Waals surface area contributed by atoms with Gasteiger partial charge in [0.05, 0.1) is 30.0 Å². The molecule has 7 nitrogen and oxygen atoms in total. The Morgan fingerprint density at radius 2 is 2.14 bits per heavy atom. The van der Waals surface area contributed by atoms with E-state index in [9.17, 15) is 23.6 Å². The monoisotopic (exact) mass is 416 g/mol. The predicted molar refractivity (Wildman–Crippen MR) is 100 cm³/mol. The van der Waals surface area contributed by atoms with E-state index < -0.39 is 29.5 Å². The number of carbonyl (C=O) groups excluding carboxylic acids is 2. The second kappa shape index (κ2) is 8.62. The standard InChI is InChI=1S/C19H14F2N4O3S/c1-10-13(4-5-28-10)18(27)25-19-23-12(9-29-19)7-17(26)24-16(8-22)14-3-2-11(20)6-15(14)21/h2-6,9,16H,7H2,1H3,(H,24,26)(H,23,25,27). The van der Waals surface area contributed by atoms with Gasteiger partial charge in [0.2, 0.25) is 5.91 Å². The van der Waals surface area contributed by atoms with Gasteiger partial charge in [-0.15, -0.1) is 11.3 Å². The molecule has 2 amide bonds. The summed E-state index contributed by atoms with van der Waals surface area (Å²) >= 11 is 1.13. The summed E-state index contributed by atoms with van der Waals surface area (Å²) in [5, 5.41) is 16.1. The van der Waals surface area contributed by atoms with Crippen LogP contribution in [0.4, 0.5) is 13.9 Å². The maximum Gasteiger partial charge on any atom is 0.260 e. The van der Waals surface area contributed by atoms with Crippen LogP contribution in [0.5, 0.6) is 0 Å². The van der Waals surface area contributed by atoms with Gasteiger partial charge in [0.15, 0.2) is 5.13 Å². The minimum atomic E-state index is -1.27. The number of halogens is 2. The van der Waals surface area contributed by atoms with Crippen molar-refractivity contribution in [3.05, 3.63) is 70.1 Å². The molecule has 2 heterocycles. The number of aromatic nitrogens is 1. The van der Waals surface area contributed by atoms with E-state index in [1.807, 2.05) is 0 Å². The number of anilines is 1. The van der Waals surface area contributed by atoms with Gasteiger partial charge in [-0.25, -0.2) is 13.8 Å². The fourth-order valence-electron chi connectivity index (χ4n) is 2.52. The summed E-state index contributed by atoms with van der Waals surface area (Å²) in [4.78, 5) is 28.5. The van der Waals surface area contributed by atoms with E-state index in [1.54, 1.807) is 18.4 Å². The van der Waals surface area contributed by atoms with Crippen molar-refractivity contribution in [2.24, 2.45) is 0 Å². The number of amides is 2. The lowest BCUT2D eigenvalue weighted by Crippen LogP contribution is -2.29. The second-order valence-electron chi connectivity index (χ2n) is 5.96. The molecular weight excluding hydrogens is 402 g/mol. The number of benzene rings is 1. The first-order valence-electron chi connectivity index (χ1n) is 8.31. The van der Waals surface area contributed by atoms with Gasteiger partial charge in [-0.2, -0.15) is 5.26 Å². The van der Waals surface area contributed by atoms with Crippen molar-refractivity contribution in [2.75, 3.05) is 5.32 Å². The predicted octanol–water partition coefficient (Wildman–Crippen LogP) is 3.50. The first-order valence-corrected chi connectivity index (χ1v) is 9.19. The van der Waals surface area contributed by atoms with Crippen LogP contribution >= 0.6 is 11.3 Å². The molecule has 0 saturated heterocycles. The topological polar surface area (TPSA) is 108 Å². The Morgan fingerprint density at radius 1 is 1.34 bits per heavy atom. The minimum Gasteiger partial charge on any atom is -0.469 e. The van der Waals surface area contributed by atoms with E-state index in [0.29, 0.717) is 28.2 Å². The third-order valence-electron chi connectivity index (χ3n) is 3.93. The molecule has 0 aliphatic heterocycles. The highest BCUT2D eigenvalue weighted by atomic mass is 32.1. The maximum atomic E-state index is 13.8. The van der Waals surface area contributed by atoms with Crippen molar-refractivity contribution >= 4 is 28.3 Å². The average Bonchev–Trinajstić information content (AvgIpc) is 3.29. The van der Waals surface area contributed by atoms with Gasteiger partial charge in [0.1, 0.15) is 23.4 Å². The molecule has 10 heteroatoms. The van der Waals surface area contributed by atoms with E-state index in [0.717, 1.165) is 23.5 Å². The van der Waals surface area contributed by atoms with Crippen molar-refractivity contribution in [1.29, 1.82) is 5.26 Å². The smallest absolute Gasteiger partial charge is 0.260 e. The number of furan rings is 1. The van der Waals surface area contributed by atoms with E-state index >= 15 is 0 Å². The Kier molecular flexibility index (Phi) is 5.99. The summed E-state index contributed by atoms with van der Waals surface area (Å²) in [5.41, 5.74) is 0.602. The Balaban J connectivity index is 1.61. The molecule has 0 fully saturated rings. The highest BCUT2D eigenvalue weighted by molar-refractivity contribution is 7.14. The molecule has 0 saturated carbocycles. The molecule has 0 aliphatic rings. The van der Waals surface area contributed by atoms with Crippen molar-refractivity contribution in [3.63, 3.8) is 0 Å². The fourth-order valence-corrected chi connectivity index (χ4v) is 3.23. The zero-order valence-electron chi connectivity index (χ0n) is 15.0. The van der Waals surface area contributed by atoms with Gasteiger partial charge in [0, 0.05) is 17.0 Å². The second-order valence-corrected chi connectivity index (χ2v) is 6.82. The van der Waals surface area contributed by atoms with Crippen molar-refractivity contribution in [3.8, 4) is 6.07 Å². The van der Waals surface area contributed by atoms with E-state index in [-0.39, 0.29) is 12.0 Å². The van der Waals surface area contributed by atoms with Crippen LogP contribution in [0, 0.1) is 29.9 Å². The molecule has 1 unspecified atom stereocenters. The summed E-state index contributed by atoms with van der Waals surface area (Å²) in [5.74, 6) is -2.21. The molecule has 0 radical (unpaired) electrons. The van der Waals surface area contributed by atoms with E-state index in [2.05, 4.69) is 15.6 Å². The number of thiazole rings is 1. The minimum absolute atomic E-state index is 0.135. The SMILES string of the molecule is Cc1occc1C(=O)Nc1nc(CC(=O)NC(C#N)c2ccc(F)cc2F)cs1. The summed E-state index contributed by atoms with van der Waals surface area (Å²) in [6.45, 7) is 1.65. The lowest BCUT2D eigenvalue weighted by Gasteiger charge is -2.12. The van der Waals surface area contributed by atoms with E-state index in [1.165, 1.54) is 12.3 Å². The fraction of sp³-hybridized carbons (Fsp3) is 0.158. The maximum absolute atomic E-state index is 13.8. The molecule has 0 aliphatic carbocycles. The van der Waals surface area contributed by atoms with Crippen molar-refractivity contribution in [2.45, 2.75) is 19.4 Å². The van der Waals surface area contributed by atoms with Gasteiger partial charge in [-0.3, -0.25) is 14.9 Å². The molecule has 1 aromatic carbocycles. The largest absolute Gasteiger partial charge is 0.469 e. The van der Waals surface area contributed by atoms with Crippen LogP contribution in [0.3, 0.4) is 0 Å². The molecule has 2 aromatic heterocycles. The number of nitrogens with zero attached hydrogens (tertiary/aromatic N) is 2. The van der Waals surface area contributed by atoms with Crippen LogP contribution in [0.15, 0.2) is 40.3 Å². The zero-order valence-corrected chi connectivity index (χ0v) is 15.8. The Hall–Kier alpha value is -3.58. The van der Waals surface area contributed by atoms with Crippen LogP contribution in [-0.2, 0) is 11.2 Å². The first kappa shape index (κ1) is 20.2. The van der Waals surface area contributed by atoms with Crippen LogP contribution in [0.25, 0.3) is 0 Å². The Morgan fingerprint density at radius 3 is 2.79 bits per heavy atom. The van der Waals surface area contributed by atoms with Crippen LogP contribution < -0.4 is 10.6 Å². The molecule has 3 rings (SSSR count). The number of aryl methyl sites for hydroxylation is 1. The van der Waals surface area contributed by atoms with Gasteiger partial charge in [-0.1, -0.05) is 6.07 Å². The molecule has 0 bridgehead atoms. The third-order valence-corrected chi connectivity index (χ3v) is 4.73. The van der Waals surface area contributed by atoms with Gasteiger partial charge < -0.3 is 9.73 Å². The first-order chi connectivity index (χ1) is 13.9. The van der Waals surface area contributed by atoms with Crippen molar-refractivity contribution in [1.82, 2.24) is 10.3 Å². The molecule has 2 N–H and O–H groups in total. The van der Waals surface area contributed by atoms with Gasteiger partial charge in [0.25, 0.3) is 5.91 Å². The van der Waals surface area contributed by atoms with Crippen molar-refractivity contribution < 1.29 is 22.8 Å². The number of nitriles is 1. The number of rotatable bonds is 6. The molecule has 1 atom stereocenters. The van der Waals surface area contributed by atoms with Crippen LogP contribution in [-0.4, -0.2) is 16.8 Å². The number of carbonyl (C=O) groups is 2. The van der Waals surface area contributed by atoms with Gasteiger partial charge in [-0.05, 0) is 19.1 Å². The Labute approximate surface area is 168 Å². The highest BCUT2D eigenvalue weighted by Crippen LogP contribution is 2.20. The molecular formula is C19H14F2N4O3S.